The van der Waals surface area contributed by atoms with E-state index in [1.807, 2.05) is 5.38 Å². The average molecular weight is 262 g/mol. The van der Waals surface area contributed by atoms with Gasteiger partial charge >= 0.3 is 0 Å². The van der Waals surface area contributed by atoms with Crippen molar-refractivity contribution in [2.75, 3.05) is 11.1 Å². The summed E-state index contributed by atoms with van der Waals surface area (Å²) in [6, 6.07) is 4.94. The molecule has 0 unspecified atom stereocenters. The summed E-state index contributed by atoms with van der Waals surface area (Å²) in [4.78, 5) is 20.2. The molecule has 0 aliphatic rings. The van der Waals surface area contributed by atoms with Crippen LogP contribution in [0.4, 0.5) is 10.9 Å². The monoisotopic (exact) mass is 262 g/mol. The molecule has 0 bridgehead atoms. The van der Waals surface area contributed by atoms with Crippen molar-refractivity contribution in [3.63, 3.8) is 0 Å². The average Bonchev–Trinajstić information content (AvgIpc) is 2.77. The molecule has 1 amide bonds. The van der Waals surface area contributed by atoms with E-state index in [1.54, 1.807) is 18.2 Å². The van der Waals surface area contributed by atoms with Crippen LogP contribution in [0.5, 0.6) is 0 Å². The molecule has 0 spiro atoms. The van der Waals surface area contributed by atoms with Crippen molar-refractivity contribution in [1.29, 1.82) is 0 Å². The minimum atomic E-state index is -0.299. The third-order valence-electron chi connectivity index (χ3n) is 2.34. The first kappa shape index (κ1) is 12.5. The number of hydrogen-bond donors (Lipinski definition) is 2. The largest absolute Gasteiger partial charge is 0.384 e. The Morgan fingerprint density at radius 2 is 2.17 bits per heavy atom. The first-order chi connectivity index (χ1) is 8.56. The molecule has 0 aromatic carbocycles. The number of hydrogen-bond acceptors (Lipinski definition) is 5. The van der Waals surface area contributed by atoms with E-state index >= 15 is 0 Å². The lowest BCUT2D eigenvalue weighted by Crippen LogP contribution is -2.14. The van der Waals surface area contributed by atoms with Gasteiger partial charge in [-0.05, 0) is 18.1 Å². The molecule has 6 heteroatoms. The summed E-state index contributed by atoms with van der Waals surface area (Å²) in [6.07, 6.45) is 0. The van der Waals surface area contributed by atoms with E-state index in [0.717, 1.165) is 5.69 Å². The number of pyridine rings is 1. The molecule has 0 saturated carbocycles. The Hall–Kier alpha value is -1.95. The number of thiazole rings is 1. The molecular weight excluding hydrogens is 248 g/mol. The number of aromatic nitrogens is 2. The number of nitrogen functional groups attached to an aromatic ring is 1. The SMILES string of the molecule is CC(C)c1csc(NC(=O)c2cccc(N)n2)n1. The van der Waals surface area contributed by atoms with Crippen LogP contribution in [0.1, 0.15) is 35.9 Å². The lowest BCUT2D eigenvalue weighted by atomic mass is 10.2. The Bertz CT molecular complexity index is 565. The fourth-order valence-corrected chi connectivity index (χ4v) is 2.21. The van der Waals surface area contributed by atoms with Gasteiger partial charge in [-0.15, -0.1) is 11.3 Å². The quantitative estimate of drug-likeness (QED) is 0.890. The van der Waals surface area contributed by atoms with Gasteiger partial charge in [0.25, 0.3) is 5.91 Å². The maximum absolute atomic E-state index is 11.9. The lowest BCUT2D eigenvalue weighted by Gasteiger charge is -2.02. The molecule has 18 heavy (non-hydrogen) atoms. The number of carbonyl (C=O) groups excluding carboxylic acids is 1. The minimum Gasteiger partial charge on any atom is -0.384 e. The summed E-state index contributed by atoms with van der Waals surface area (Å²) >= 11 is 1.40. The van der Waals surface area contributed by atoms with Crippen LogP contribution < -0.4 is 11.1 Å². The minimum absolute atomic E-state index is 0.288. The molecule has 0 fully saturated rings. The first-order valence-corrected chi connectivity index (χ1v) is 6.43. The van der Waals surface area contributed by atoms with Gasteiger partial charge in [0.1, 0.15) is 11.5 Å². The van der Waals surface area contributed by atoms with E-state index < -0.39 is 0 Å². The molecule has 2 rings (SSSR count). The second-order valence-corrected chi connectivity index (χ2v) is 4.99. The number of nitrogens with zero attached hydrogens (tertiary/aromatic N) is 2. The van der Waals surface area contributed by atoms with Crippen molar-refractivity contribution in [2.24, 2.45) is 0 Å². The smallest absolute Gasteiger partial charge is 0.276 e. The van der Waals surface area contributed by atoms with Gasteiger partial charge in [0.05, 0.1) is 5.69 Å². The fourth-order valence-electron chi connectivity index (χ4n) is 1.35. The molecule has 2 aromatic rings. The summed E-state index contributed by atoms with van der Waals surface area (Å²) in [5, 5.41) is 5.23. The zero-order valence-electron chi connectivity index (χ0n) is 10.2. The zero-order chi connectivity index (χ0) is 13.1. The highest BCUT2D eigenvalue weighted by molar-refractivity contribution is 7.14. The number of amides is 1. The standard InChI is InChI=1S/C12H14N4OS/c1-7(2)9-6-18-12(15-9)16-11(17)8-4-3-5-10(13)14-8/h3-7H,1-2H3,(H2,13,14)(H,15,16,17). The van der Waals surface area contributed by atoms with Gasteiger partial charge in [0.2, 0.25) is 0 Å². The van der Waals surface area contributed by atoms with Gasteiger partial charge in [-0.2, -0.15) is 0 Å². The summed E-state index contributed by atoms with van der Waals surface area (Å²) in [7, 11) is 0. The second kappa shape index (κ2) is 5.14. The summed E-state index contributed by atoms with van der Waals surface area (Å²) in [6.45, 7) is 4.11. The molecule has 0 saturated heterocycles. The highest BCUT2D eigenvalue weighted by Gasteiger charge is 2.11. The van der Waals surface area contributed by atoms with Gasteiger partial charge in [-0.25, -0.2) is 9.97 Å². The van der Waals surface area contributed by atoms with Crippen LogP contribution in [-0.4, -0.2) is 15.9 Å². The molecule has 2 heterocycles. The summed E-state index contributed by atoms with van der Waals surface area (Å²) in [5.41, 5.74) is 6.79. The molecule has 0 aliphatic heterocycles. The van der Waals surface area contributed by atoms with Gasteiger partial charge in [0.15, 0.2) is 5.13 Å². The van der Waals surface area contributed by atoms with Crippen molar-refractivity contribution in [3.05, 3.63) is 35.0 Å². The Morgan fingerprint density at radius 3 is 2.78 bits per heavy atom. The van der Waals surface area contributed by atoms with E-state index in [0.29, 0.717) is 16.9 Å². The highest BCUT2D eigenvalue weighted by Crippen LogP contribution is 2.21. The first-order valence-electron chi connectivity index (χ1n) is 5.55. The van der Waals surface area contributed by atoms with Crippen LogP contribution in [0.25, 0.3) is 0 Å². The van der Waals surface area contributed by atoms with Crippen molar-refractivity contribution < 1.29 is 4.79 Å². The Kier molecular flexibility index (Phi) is 3.57. The molecule has 5 nitrogen and oxygen atoms in total. The highest BCUT2D eigenvalue weighted by atomic mass is 32.1. The predicted molar refractivity (Wildman–Crippen MR) is 72.8 cm³/mol. The maximum Gasteiger partial charge on any atom is 0.276 e. The van der Waals surface area contributed by atoms with Crippen LogP contribution in [0.15, 0.2) is 23.6 Å². The Balaban J connectivity index is 2.11. The van der Waals surface area contributed by atoms with E-state index in [1.165, 1.54) is 11.3 Å². The number of carbonyl (C=O) groups is 1. The number of anilines is 2. The third kappa shape index (κ3) is 2.84. The van der Waals surface area contributed by atoms with Crippen molar-refractivity contribution in [1.82, 2.24) is 9.97 Å². The summed E-state index contributed by atoms with van der Waals surface area (Å²) in [5.74, 6) is 0.369. The van der Waals surface area contributed by atoms with Gasteiger partial charge < -0.3 is 5.73 Å². The topological polar surface area (TPSA) is 80.9 Å². The third-order valence-corrected chi connectivity index (χ3v) is 3.11. The fraction of sp³-hybridized carbons (Fsp3) is 0.250. The Labute approximate surface area is 109 Å². The summed E-state index contributed by atoms with van der Waals surface area (Å²) < 4.78 is 0. The van der Waals surface area contributed by atoms with Gasteiger partial charge in [0, 0.05) is 5.38 Å². The normalized spacial score (nSPS) is 10.6. The number of rotatable bonds is 3. The van der Waals surface area contributed by atoms with E-state index in [2.05, 4.69) is 29.1 Å². The lowest BCUT2D eigenvalue weighted by molar-refractivity contribution is 0.102. The molecular formula is C12H14N4OS. The predicted octanol–water partition coefficient (Wildman–Crippen LogP) is 2.50. The van der Waals surface area contributed by atoms with Crippen molar-refractivity contribution >= 4 is 28.2 Å². The van der Waals surface area contributed by atoms with Crippen LogP contribution in [-0.2, 0) is 0 Å². The zero-order valence-corrected chi connectivity index (χ0v) is 11.0. The van der Waals surface area contributed by atoms with Gasteiger partial charge in [-0.1, -0.05) is 19.9 Å². The Morgan fingerprint density at radius 1 is 1.39 bits per heavy atom. The van der Waals surface area contributed by atoms with Crippen LogP contribution >= 0.6 is 11.3 Å². The molecule has 2 aromatic heterocycles. The number of nitrogens with two attached hydrogens (primary N) is 1. The van der Waals surface area contributed by atoms with Crippen LogP contribution in [0.2, 0.25) is 0 Å². The van der Waals surface area contributed by atoms with E-state index in [4.69, 9.17) is 5.73 Å². The van der Waals surface area contributed by atoms with E-state index in [-0.39, 0.29) is 11.6 Å². The molecule has 0 aliphatic carbocycles. The van der Waals surface area contributed by atoms with Gasteiger partial charge in [-0.3, -0.25) is 10.1 Å². The molecule has 94 valence electrons. The maximum atomic E-state index is 11.9. The second-order valence-electron chi connectivity index (χ2n) is 4.13. The number of nitrogens with one attached hydrogen (secondary N) is 1. The van der Waals surface area contributed by atoms with Crippen LogP contribution in [0.3, 0.4) is 0 Å². The van der Waals surface area contributed by atoms with Crippen molar-refractivity contribution in [3.8, 4) is 0 Å². The molecule has 3 N–H and O–H groups in total. The molecule has 0 atom stereocenters. The van der Waals surface area contributed by atoms with Crippen LogP contribution in [0, 0.1) is 0 Å². The molecule has 0 radical (unpaired) electrons. The van der Waals surface area contributed by atoms with E-state index in [9.17, 15) is 4.79 Å². The van der Waals surface area contributed by atoms with Crippen molar-refractivity contribution in [2.45, 2.75) is 19.8 Å².